The van der Waals surface area contributed by atoms with Gasteiger partial charge in [0.2, 0.25) is 26.0 Å². The molecule has 4 rings (SSSR count). The lowest BCUT2D eigenvalue weighted by molar-refractivity contribution is -0.116. The molecule has 1 N–H and O–H groups in total. The molecule has 0 unspecified atom stereocenters. The van der Waals surface area contributed by atoms with Gasteiger partial charge in [-0.3, -0.25) is 9.69 Å². The van der Waals surface area contributed by atoms with Gasteiger partial charge in [-0.05, 0) is 62.7 Å². The monoisotopic (exact) mass is 467 g/mol. The van der Waals surface area contributed by atoms with Crippen molar-refractivity contribution in [2.24, 2.45) is 0 Å². The summed E-state index contributed by atoms with van der Waals surface area (Å²) in [5.74, 6) is -0.156. The van der Waals surface area contributed by atoms with E-state index in [-0.39, 0.29) is 35.3 Å². The number of carbonyl (C=O) groups is 1. The smallest absolute Gasteiger partial charge is 0.242 e. The highest BCUT2D eigenvalue weighted by molar-refractivity contribution is 7.94. The zero-order valence-corrected chi connectivity index (χ0v) is 18.8. The van der Waals surface area contributed by atoms with Gasteiger partial charge in [-0.15, -0.1) is 0 Å². The van der Waals surface area contributed by atoms with Gasteiger partial charge in [-0.1, -0.05) is 6.07 Å². The van der Waals surface area contributed by atoms with Crippen LogP contribution in [0.4, 0.5) is 5.69 Å². The van der Waals surface area contributed by atoms with Crippen molar-refractivity contribution >= 4 is 31.6 Å². The number of benzene rings is 1. The lowest BCUT2D eigenvalue weighted by Crippen LogP contribution is -2.37. The maximum Gasteiger partial charge on any atom is 0.242 e. The normalized spacial score (nSPS) is 20.4. The number of sulfonamides is 2. The van der Waals surface area contributed by atoms with Gasteiger partial charge < -0.3 is 4.42 Å². The minimum absolute atomic E-state index is 0.0376. The highest BCUT2D eigenvalue weighted by atomic mass is 32.2. The number of nitrogens with zero attached hydrogens (tertiary/aromatic N) is 2. The molecule has 0 spiro atoms. The van der Waals surface area contributed by atoms with Crippen LogP contribution in [-0.2, 0) is 24.8 Å². The molecule has 31 heavy (non-hydrogen) atoms. The van der Waals surface area contributed by atoms with E-state index in [9.17, 15) is 21.6 Å². The summed E-state index contributed by atoms with van der Waals surface area (Å²) in [6.07, 6.45) is 3.54. The molecule has 1 aromatic heterocycles. The Labute approximate surface area is 182 Å². The third-order valence-electron chi connectivity index (χ3n) is 5.69. The summed E-state index contributed by atoms with van der Waals surface area (Å²) < 4.78 is 59.6. The van der Waals surface area contributed by atoms with Crippen molar-refractivity contribution in [1.29, 1.82) is 0 Å². The van der Waals surface area contributed by atoms with E-state index in [4.69, 9.17) is 4.42 Å². The molecule has 0 bridgehead atoms. The predicted octanol–water partition coefficient (Wildman–Crippen LogP) is 1.77. The maximum atomic E-state index is 13.1. The Hall–Kier alpha value is -2.21. The number of anilines is 1. The molecule has 2 aliphatic heterocycles. The van der Waals surface area contributed by atoms with E-state index in [0.717, 1.165) is 25.9 Å². The lowest BCUT2D eigenvalue weighted by Gasteiger charge is -2.26. The molecule has 2 saturated heterocycles. The van der Waals surface area contributed by atoms with E-state index in [2.05, 4.69) is 9.62 Å². The highest BCUT2D eigenvalue weighted by Crippen LogP contribution is 2.30. The molecular formula is C20H25N3O6S2. The van der Waals surface area contributed by atoms with Crippen LogP contribution in [0, 0.1) is 6.92 Å². The van der Waals surface area contributed by atoms with Crippen LogP contribution in [0.1, 0.15) is 36.6 Å². The lowest BCUT2D eigenvalue weighted by atomic mass is 10.2. The highest BCUT2D eigenvalue weighted by Gasteiger charge is 2.37. The summed E-state index contributed by atoms with van der Waals surface area (Å²) in [4.78, 5) is 14.2. The Morgan fingerprint density at radius 1 is 1.19 bits per heavy atom. The fourth-order valence-corrected chi connectivity index (χ4v) is 6.84. The van der Waals surface area contributed by atoms with Crippen molar-refractivity contribution in [2.45, 2.75) is 37.1 Å². The largest absolute Gasteiger partial charge is 0.468 e. The number of rotatable bonds is 7. The number of aryl methyl sites for hydroxylation is 1. The Morgan fingerprint density at radius 2 is 1.94 bits per heavy atom. The van der Waals surface area contributed by atoms with Gasteiger partial charge in [0.05, 0.1) is 28.6 Å². The SMILES string of the molecule is Cc1ccc(N2C(=O)CCS2(=O)=O)cc1S(=O)(=O)NC[C@@H](c1ccco1)N1CCCC1. The molecule has 2 fully saturated rings. The first-order valence-electron chi connectivity index (χ1n) is 10.1. The van der Waals surface area contributed by atoms with E-state index in [1.54, 1.807) is 19.3 Å². The molecule has 2 aliphatic rings. The molecule has 0 aliphatic carbocycles. The molecule has 1 aromatic carbocycles. The van der Waals surface area contributed by atoms with Gasteiger partial charge >= 0.3 is 0 Å². The third-order valence-corrected chi connectivity index (χ3v) is 8.95. The topological polar surface area (TPSA) is 117 Å². The first-order chi connectivity index (χ1) is 14.7. The Kier molecular flexibility index (Phi) is 5.95. The predicted molar refractivity (Wildman–Crippen MR) is 115 cm³/mol. The summed E-state index contributed by atoms with van der Waals surface area (Å²) in [5.41, 5.74) is 0.492. The van der Waals surface area contributed by atoms with Crippen LogP contribution >= 0.6 is 0 Å². The number of furan rings is 1. The van der Waals surface area contributed by atoms with E-state index in [0.29, 0.717) is 15.6 Å². The van der Waals surface area contributed by atoms with Crippen molar-refractivity contribution in [1.82, 2.24) is 9.62 Å². The molecule has 0 saturated carbocycles. The zero-order valence-electron chi connectivity index (χ0n) is 17.2. The number of hydrogen-bond acceptors (Lipinski definition) is 7. The van der Waals surface area contributed by atoms with Crippen LogP contribution < -0.4 is 9.03 Å². The molecule has 2 aromatic rings. The van der Waals surface area contributed by atoms with Crippen molar-refractivity contribution in [3.05, 3.63) is 47.9 Å². The second-order valence-electron chi connectivity index (χ2n) is 7.80. The molecule has 1 amide bonds. The van der Waals surface area contributed by atoms with Crippen molar-refractivity contribution < 1.29 is 26.0 Å². The van der Waals surface area contributed by atoms with Gasteiger partial charge in [-0.25, -0.2) is 25.9 Å². The van der Waals surface area contributed by atoms with Crippen LogP contribution in [0.3, 0.4) is 0 Å². The number of carbonyl (C=O) groups excluding carboxylic acids is 1. The van der Waals surface area contributed by atoms with Crippen LogP contribution in [0.25, 0.3) is 0 Å². The Bertz CT molecular complexity index is 1170. The molecule has 9 nitrogen and oxygen atoms in total. The minimum Gasteiger partial charge on any atom is -0.468 e. The number of hydrogen-bond donors (Lipinski definition) is 1. The molecular weight excluding hydrogens is 442 g/mol. The van der Waals surface area contributed by atoms with Crippen molar-refractivity contribution in [3.63, 3.8) is 0 Å². The summed E-state index contributed by atoms with van der Waals surface area (Å²) >= 11 is 0. The molecule has 168 valence electrons. The van der Waals surface area contributed by atoms with E-state index < -0.39 is 26.0 Å². The minimum atomic E-state index is -3.96. The van der Waals surface area contributed by atoms with Crippen LogP contribution in [0.2, 0.25) is 0 Å². The van der Waals surface area contributed by atoms with Crippen molar-refractivity contribution in [3.8, 4) is 0 Å². The van der Waals surface area contributed by atoms with Gasteiger partial charge in [0.15, 0.2) is 0 Å². The average Bonchev–Trinajstić information content (AvgIpc) is 3.46. The Morgan fingerprint density at radius 3 is 2.55 bits per heavy atom. The summed E-state index contributed by atoms with van der Waals surface area (Å²) in [5, 5.41) is 0. The van der Waals surface area contributed by atoms with Crippen molar-refractivity contribution in [2.75, 3.05) is 29.7 Å². The third kappa shape index (κ3) is 4.40. The second-order valence-corrected chi connectivity index (χ2v) is 11.5. The molecule has 11 heteroatoms. The van der Waals surface area contributed by atoms with E-state index in [1.807, 2.05) is 6.07 Å². The Balaban J connectivity index is 1.60. The number of nitrogens with one attached hydrogen (secondary N) is 1. The maximum absolute atomic E-state index is 13.1. The molecule has 0 radical (unpaired) electrons. The number of likely N-dealkylation sites (tertiary alicyclic amines) is 1. The van der Waals surface area contributed by atoms with E-state index >= 15 is 0 Å². The average molecular weight is 468 g/mol. The van der Waals surface area contributed by atoms with Crippen LogP contribution in [0.5, 0.6) is 0 Å². The molecule has 3 heterocycles. The summed E-state index contributed by atoms with van der Waals surface area (Å²) in [6, 6.07) is 7.56. The summed E-state index contributed by atoms with van der Waals surface area (Å²) in [7, 11) is -7.75. The second kappa shape index (κ2) is 8.38. The first-order valence-corrected chi connectivity index (χ1v) is 13.2. The molecule has 1 atom stereocenters. The standard InChI is InChI=1S/C20H25N3O6S2/c1-15-6-7-16(23-20(24)8-12-30(23,25)26)13-19(15)31(27,28)21-14-17(18-5-4-11-29-18)22-9-2-3-10-22/h4-7,11,13,17,21H,2-3,8-10,12,14H2,1H3/t17-/m0/s1. The van der Waals surface area contributed by atoms with Crippen LogP contribution in [0.15, 0.2) is 45.9 Å². The number of amides is 1. The quantitative estimate of drug-likeness (QED) is 0.659. The van der Waals surface area contributed by atoms with Gasteiger partial charge in [0.1, 0.15) is 5.76 Å². The fourth-order valence-electron chi connectivity index (χ4n) is 4.08. The fraction of sp³-hybridized carbons (Fsp3) is 0.450. The zero-order chi connectivity index (χ0) is 22.2. The van der Waals surface area contributed by atoms with Gasteiger partial charge in [0, 0.05) is 13.0 Å². The van der Waals surface area contributed by atoms with Gasteiger partial charge in [-0.2, -0.15) is 0 Å². The first kappa shape index (κ1) is 22.0. The van der Waals surface area contributed by atoms with Crippen LogP contribution in [-0.4, -0.2) is 53.0 Å². The summed E-state index contributed by atoms with van der Waals surface area (Å²) in [6.45, 7) is 3.46. The van der Waals surface area contributed by atoms with Gasteiger partial charge in [0.25, 0.3) is 0 Å². The van der Waals surface area contributed by atoms with E-state index in [1.165, 1.54) is 18.2 Å².